The zero-order chi connectivity index (χ0) is 20.2. The molecule has 0 unspecified atom stereocenters. The highest BCUT2D eigenvalue weighted by Gasteiger charge is 2.30. The minimum absolute atomic E-state index is 0.141. The molecular formula is C21H25N5O3. The predicted octanol–water partition coefficient (Wildman–Crippen LogP) is 2.67. The number of ether oxygens (including phenoxy) is 1. The van der Waals surface area contributed by atoms with E-state index in [0.717, 1.165) is 17.9 Å². The number of rotatable bonds is 6. The van der Waals surface area contributed by atoms with E-state index < -0.39 is 0 Å². The van der Waals surface area contributed by atoms with E-state index in [2.05, 4.69) is 17.1 Å². The minimum Gasteiger partial charge on any atom is -0.378 e. The van der Waals surface area contributed by atoms with Gasteiger partial charge in [0.1, 0.15) is 11.4 Å². The van der Waals surface area contributed by atoms with Crippen LogP contribution in [-0.2, 0) is 17.8 Å². The van der Waals surface area contributed by atoms with Crippen LogP contribution >= 0.6 is 0 Å². The molecule has 8 heteroatoms. The first-order chi connectivity index (χ1) is 14.2. The molecule has 1 aliphatic heterocycles. The van der Waals surface area contributed by atoms with Gasteiger partial charge in [0.05, 0.1) is 19.8 Å². The number of amides is 1. The normalized spacial score (nSPS) is 14.2. The van der Waals surface area contributed by atoms with Crippen molar-refractivity contribution in [3.63, 3.8) is 0 Å². The summed E-state index contributed by atoms with van der Waals surface area (Å²) in [5.74, 6) is 1.76. The highest BCUT2D eigenvalue weighted by atomic mass is 16.5. The van der Waals surface area contributed by atoms with Crippen LogP contribution in [0.5, 0.6) is 0 Å². The molecule has 1 aromatic carbocycles. The van der Waals surface area contributed by atoms with Gasteiger partial charge in [0, 0.05) is 44.6 Å². The van der Waals surface area contributed by atoms with Crippen LogP contribution in [-0.4, -0.2) is 58.9 Å². The van der Waals surface area contributed by atoms with Crippen molar-refractivity contribution in [1.82, 2.24) is 19.6 Å². The van der Waals surface area contributed by atoms with E-state index >= 15 is 0 Å². The first-order valence-electron chi connectivity index (χ1n) is 9.82. The number of imidazole rings is 1. The lowest BCUT2D eigenvalue weighted by Crippen LogP contribution is -2.38. The highest BCUT2D eigenvalue weighted by Crippen LogP contribution is 2.33. The first-order valence-corrected chi connectivity index (χ1v) is 9.82. The van der Waals surface area contributed by atoms with E-state index in [-0.39, 0.29) is 5.91 Å². The van der Waals surface area contributed by atoms with Gasteiger partial charge in [-0.05, 0) is 6.92 Å². The van der Waals surface area contributed by atoms with Gasteiger partial charge in [-0.2, -0.15) is 0 Å². The molecule has 0 N–H and O–H groups in total. The Labute approximate surface area is 169 Å². The molecule has 0 aliphatic carbocycles. The topological polar surface area (TPSA) is 76.6 Å². The third-order valence-electron chi connectivity index (χ3n) is 5.10. The zero-order valence-corrected chi connectivity index (χ0v) is 16.7. The molecule has 29 heavy (non-hydrogen) atoms. The molecule has 152 valence electrons. The van der Waals surface area contributed by atoms with Crippen LogP contribution in [0.4, 0.5) is 5.82 Å². The van der Waals surface area contributed by atoms with Gasteiger partial charge in [0.2, 0.25) is 0 Å². The van der Waals surface area contributed by atoms with E-state index in [1.807, 2.05) is 46.0 Å². The molecule has 0 saturated carbocycles. The predicted molar refractivity (Wildman–Crippen MR) is 109 cm³/mol. The Balaban J connectivity index is 1.69. The summed E-state index contributed by atoms with van der Waals surface area (Å²) in [6.45, 7) is 5.81. The maximum atomic E-state index is 13.5. The molecule has 2 aromatic heterocycles. The Morgan fingerprint density at radius 3 is 2.69 bits per heavy atom. The Kier molecular flexibility index (Phi) is 5.62. The summed E-state index contributed by atoms with van der Waals surface area (Å²) in [7, 11) is 1.78. The van der Waals surface area contributed by atoms with E-state index in [9.17, 15) is 4.79 Å². The lowest BCUT2D eigenvalue weighted by Gasteiger charge is -2.27. The van der Waals surface area contributed by atoms with Crippen molar-refractivity contribution < 1.29 is 14.1 Å². The summed E-state index contributed by atoms with van der Waals surface area (Å²) in [6.07, 6.45) is 3.67. The standard InChI is InChI=1S/C21H25N5O3/c1-3-25-10-9-22-17(25)15-24(2)21(27)18-19(16-7-5-4-6-8-16)29-23-20(18)26-11-13-28-14-12-26/h4-10H,3,11-15H2,1-2H3. The second-order valence-corrected chi connectivity index (χ2v) is 6.97. The molecule has 0 spiro atoms. The van der Waals surface area contributed by atoms with E-state index in [1.54, 1.807) is 18.1 Å². The van der Waals surface area contributed by atoms with E-state index in [1.165, 1.54) is 0 Å². The summed E-state index contributed by atoms with van der Waals surface area (Å²) >= 11 is 0. The highest BCUT2D eigenvalue weighted by molar-refractivity contribution is 6.04. The van der Waals surface area contributed by atoms with Crippen LogP contribution in [0.3, 0.4) is 0 Å². The summed E-state index contributed by atoms with van der Waals surface area (Å²) in [5.41, 5.74) is 1.31. The van der Waals surface area contributed by atoms with Gasteiger partial charge in [0.25, 0.3) is 5.91 Å². The molecule has 1 fully saturated rings. The van der Waals surface area contributed by atoms with Gasteiger partial charge >= 0.3 is 0 Å². The number of aryl methyl sites for hydroxylation is 1. The fourth-order valence-corrected chi connectivity index (χ4v) is 3.51. The number of hydrogen-bond donors (Lipinski definition) is 0. The quantitative estimate of drug-likeness (QED) is 0.639. The number of carbonyl (C=O) groups is 1. The Morgan fingerprint density at radius 2 is 1.97 bits per heavy atom. The fourth-order valence-electron chi connectivity index (χ4n) is 3.51. The summed E-state index contributed by atoms with van der Waals surface area (Å²) in [6, 6.07) is 9.61. The van der Waals surface area contributed by atoms with Crippen molar-refractivity contribution in [3.8, 4) is 11.3 Å². The molecule has 1 aliphatic rings. The van der Waals surface area contributed by atoms with Gasteiger partial charge in [-0.15, -0.1) is 0 Å². The SMILES string of the molecule is CCn1ccnc1CN(C)C(=O)c1c(N2CCOCC2)noc1-c1ccccc1. The van der Waals surface area contributed by atoms with Crippen LogP contribution in [0.1, 0.15) is 23.1 Å². The molecule has 0 bridgehead atoms. The lowest BCUT2D eigenvalue weighted by molar-refractivity contribution is 0.0779. The van der Waals surface area contributed by atoms with Crippen molar-refractivity contribution in [2.75, 3.05) is 38.3 Å². The monoisotopic (exact) mass is 395 g/mol. The molecule has 3 aromatic rings. The van der Waals surface area contributed by atoms with E-state index in [0.29, 0.717) is 50.0 Å². The second-order valence-electron chi connectivity index (χ2n) is 6.97. The van der Waals surface area contributed by atoms with Crippen molar-refractivity contribution in [2.45, 2.75) is 20.0 Å². The number of hydrogen-bond acceptors (Lipinski definition) is 6. The minimum atomic E-state index is -0.141. The molecule has 1 amide bonds. The largest absolute Gasteiger partial charge is 0.378 e. The summed E-state index contributed by atoms with van der Waals surface area (Å²) in [5, 5.41) is 4.28. The molecule has 0 atom stereocenters. The van der Waals surface area contributed by atoms with Crippen LogP contribution in [0, 0.1) is 0 Å². The Hall–Kier alpha value is -3.13. The lowest BCUT2D eigenvalue weighted by atomic mass is 10.1. The van der Waals surface area contributed by atoms with E-state index in [4.69, 9.17) is 9.26 Å². The van der Waals surface area contributed by atoms with Crippen LogP contribution in [0.15, 0.2) is 47.2 Å². The smallest absolute Gasteiger partial charge is 0.261 e. The van der Waals surface area contributed by atoms with Crippen molar-refractivity contribution in [2.24, 2.45) is 0 Å². The molecule has 4 rings (SSSR count). The third-order valence-corrected chi connectivity index (χ3v) is 5.10. The maximum Gasteiger partial charge on any atom is 0.261 e. The number of carbonyl (C=O) groups excluding carboxylic acids is 1. The summed E-state index contributed by atoms with van der Waals surface area (Å²) in [4.78, 5) is 21.6. The van der Waals surface area contributed by atoms with Crippen molar-refractivity contribution in [1.29, 1.82) is 0 Å². The number of aromatic nitrogens is 3. The number of anilines is 1. The molecule has 0 radical (unpaired) electrons. The Bertz CT molecular complexity index is 960. The zero-order valence-electron chi connectivity index (χ0n) is 16.7. The van der Waals surface area contributed by atoms with Gasteiger partial charge in [-0.25, -0.2) is 4.98 Å². The van der Waals surface area contributed by atoms with Crippen molar-refractivity contribution >= 4 is 11.7 Å². The molecular weight excluding hydrogens is 370 g/mol. The van der Waals surface area contributed by atoms with Gasteiger partial charge in [-0.1, -0.05) is 35.5 Å². The van der Waals surface area contributed by atoms with Crippen molar-refractivity contribution in [3.05, 3.63) is 54.1 Å². The molecule has 1 saturated heterocycles. The fraction of sp³-hybridized carbons (Fsp3) is 0.381. The van der Waals surface area contributed by atoms with Gasteiger partial charge < -0.3 is 23.6 Å². The average molecular weight is 395 g/mol. The first kappa shape index (κ1) is 19.2. The summed E-state index contributed by atoms with van der Waals surface area (Å²) < 4.78 is 13.2. The maximum absolute atomic E-state index is 13.5. The van der Waals surface area contributed by atoms with Crippen LogP contribution in [0.25, 0.3) is 11.3 Å². The van der Waals surface area contributed by atoms with Gasteiger partial charge in [-0.3, -0.25) is 4.79 Å². The van der Waals surface area contributed by atoms with Crippen LogP contribution < -0.4 is 4.90 Å². The van der Waals surface area contributed by atoms with Gasteiger partial charge in [0.15, 0.2) is 11.6 Å². The number of nitrogens with zero attached hydrogens (tertiary/aromatic N) is 5. The third kappa shape index (κ3) is 3.88. The Morgan fingerprint density at radius 1 is 1.21 bits per heavy atom. The van der Waals surface area contributed by atoms with Crippen LogP contribution in [0.2, 0.25) is 0 Å². The number of benzene rings is 1. The number of morpholine rings is 1. The molecule has 3 heterocycles. The molecule has 8 nitrogen and oxygen atoms in total. The second kappa shape index (κ2) is 8.48. The average Bonchev–Trinajstić information content (AvgIpc) is 3.41.